The van der Waals surface area contributed by atoms with Crippen molar-refractivity contribution in [2.45, 2.75) is 26.8 Å². The summed E-state index contributed by atoms with van der Waals surface area (Å²) >= 11 is 5.40. The molecule has 2 nitrogen and oxygen atoms in total. The largest absolute Gasteiger partial charge is 0.329 e. The lowest BCUT2D eigenvalue weighted by molar-refractivity contribution is 0.227. The van der Waals surface area contributed by atoms with Gasteiger partial charge in [0.25, 0.3) is 0 Å². The average Bonchev–Trinajstić information content (AvgIpc) is 2.55. The van der Waals surface area contributed by atoms with Gasteiger partial charge in [0.1, 0.15) is 0 Å². The summed E-state index contributed by atoms with van der Waals surface area (Å²) in [5.41, 5.74) is 5.87. The van der Waals surface area contributed by atoms with Crippen LogP contribution in [0.2, 0.25) is 0 Å². The minimum Gasteiger partial charge on any atom is -0.329 e. The Hall–Kier alpha value is 0.1000. The van der Waals surface area contributed by atoms with E-state index in [9.17, 15) is 0 Å². The Kier molecular flexibility index (Phi) is 5.26. The van der Waals surface area contributed by atoms with Gasteiger partial charge in [-0.25, -0.2) is 0 Å². The molecule has 1 unspecified atom stereocenters. The van der Waals surface area contributed by atoms with Crippen molar-refractivity contribution in [3.05, 3.63) is 20.3 Å². The van der Waals surface area contributed by atoms with Crippen molar-refractivity contribution in [2.75, 3.05) is 19.6 Å². The van der Waals surface area contributed by atoms with E-state index in [1.807, 2.05) is 11.3 Å². The number of nitrogens with zero attached hydrogens (tertiary/aromatic N) is 1. The first-order valence-corrected chi connectivity index (χ1v) is 6.94. The predicted molar refractivity (Wildman–Crippen MR) is 71.5 cm³/mol. The van der Waals surface area contributed by atoms with E-state index >= 15 is 0 Å². The molecule has 0 aliphatic heterocycles. The Bertz CT molecular complexity index is 288. The molecule has 0 spiro atoms. The lowest BCUT2D eigenvalue weighted by Crippen LogP contribution is -2.32. The highest BCUT2D eigenvalue weighted by atomic mass is 79.9. The second-order valence-electron chi connectivity index (χ2n) is 3.53. The van der Waals surface area contributed by atoms with Gasteiger partial charge in [-0.15, -0.1) is 11.3 Å². The minimum atomic E-state index is 0.370. The monoisotopic (exact) mass is 290 g/mol. The molecule has 4 heteroatoms. The van der Waals surface area contributed by atoms with E-state index in [4.69, 9.17) is 5.73 Å². The van der Waals surface area contributed by atoms with Crippen LogP contribution in [0.3, 0.4) is 0 Å². The van der Waals surface area contributed by atoms with E-state index in [0.717, 1.165) is 13.1 Å². The zero-order valence-corrected chi connectivity index (χ0v) is 12.0. The van der Waals surface area contributed by atoms with Gasteiger partial charge in [0, 0.05) is 20.8 Å². The van der Waals surface area contributed by atoms with Gasteiger partial charge in [-0.1, -0.05) is 13.8 Å². The maximum Gasteiger partial charge on any atom is 0.0564 e. The van der Waals surface area contributed by atoms with Crippen LogP contribution < -0.4 is 5.73 Å². The molecule has 0 radical (unpaired) electrons. The molecule has 1 aromatic heterocycles. The highest BCUT2D eigenvalue weighted by Crippen LogP contribution is 2.32. The molecule has 1 atom stereocenters. The summed E-state index contributed by atoms with van der Waals surface area (Å²) in [4.78, 5) is 5.10. The Labute approximate surface area is 105 Å². The van der Waals surface area contributed by atoms with Gasteiger partial charge < -0.3 is 5.73 Å². The number of hydrogen-bond donors (Lipinski definition) is 1. The third-order valence-corrected chi connectivity index (χ3v) is 4.92. The fourth-order valence-corrected chi connectivity index (χ4v) is 3.46. The first-order chi connectivity index (χ1) is 7.13. The average molecular weight is 291 g/mol. The van der Waals surface area contributed by atoms with Crippen molar-refractivity contribution in [2.24, 2.45) is 5.73 Å². The number of hydrogen-bond acceptors (Lipinski definition) is 3. The molecular weight excluding hydrogens is 272 g/mol. The number of aryl methyl sites for hydroxylation is 1. The summed E-state index contributed by atoms with van der Waals surface area (Å²) in [5, 5.41) is 0. The molecule has 0 aliphatic rings. The summed E-state index contributed by atoms with van der Waals surface area (Å²) in [7, 11) is 0. The molecule has 15 heavy (non-hydrogen) atoms. The Morgan fingerprint density at radius 3 is 2.40 bits per heavy atom. The Balaban J connectivity index is 2.91. The maximum atomic E-state index is 5.87. The third-order valence-electron chi connectivity index (χ3n) is 2.68. The molecule has 0 saturated heterocycles. The van der Waals surface area contributed by atoms with E-state index in [-0.39, 0.29) is 0 Å². The van der Waals surface area contributed by atoms with Crippen LogP contribution in [-0.2, 0) is 0 Å². The van der Waals surface area contributed by atoms with Crippen LogP contribution in [0.5, 0.6) is 0 Å². The van der Waals surface area contributed by atoms with E-state index in [1.54, 1.807) is 0 Å². The molecule has 1 rings (SSSR count). The highest BCUT2D eigenvalue weighted by molar-refractivity contribution is 9.10. The molecule has 2 N–H and O–H groups in total. The molecule has 0 bridgehead atoms. The number of rotatable bonds is 5. The van der Waals surface area contributed by atoms with E-state index in [0.29, 0.717) is 12.6 Å². The van der Waals surface area contributed by atoms with Crippen molar-refractivity contribution in [3.8, 4) is 0 Å². The van der Waals surface area contributed by atoms with Crippen LogP contribution in [0.15, 0.2) is 10.5 Å². The predicted octanol–water partition coefficient (Wildman–Crippen LogP) is 3.16. The Morgan fingerprint density at radius 2 is 2.07 bits per heavy atom. The fourth-order valence-electron chi connectivity index (χ4n) is 1.76. The number of likely N-dealkylation sites (N-methyl/N-ethyl adjacent to an activating group) is 1. The van der Waals surface area contributed by atoms with Crippen LogP contribution in [0, 0.1) is 6.92 Å². The van der Waals surface area contributed by atoms with E-state index in [2.05, 4.69) is 47.7 Å². The van der Waals surface area contributed by atoms with Crippen LogP contribution in [0.4, 0.5) is 0 Å². The molecule has 0 aromatic carbocycles. The van der Waals surface area contributed by atoms with Crippen molar-refractivity contribution in [1.82, 2.24) is 4.90 Å². The fraction of sp³-hybridized carbons (Fsp3) is 0.636. The number of nitrogens with two attached hydrogens (primary N) is 1. The van der Waals surface area contributed by atoms with Gasteiger partial charge in [-0.3, -0.25) is 4.90 Å². The summed E-state index contributed by atoms with van der Waals surface area (Å²) in [6, 6.07) is 2.57. The molecule has 0 fully saturated rings. The zero-order chi connectivity index (χ0) is 11.4. The summed E-state index contributed by atoms with van der Waals surface area (Å²) < 4.78 is 1.20. The Morgan fingerprint density at radius 1 is 1.47 bits per heavy atom. The smallest absolute Gasteiger partial charge is 0.0564 e. The second-order valence-corrected chi connectivity index (χ2v) is 5.67. The summed E-state index contributed by atoms with van der Waals surface area (Å²) in [6.45, 7) is 9.28. The molecule has 86 valence electrons. The summed E-state index contributed by atoms with van der Waals surface area (Å²) in [6.07, 6.45) is 0. The van der Waals surface area contributed by atoms with Crippen molar-refractivity contribution < 1.29 is 0 Å². The zero-order valence-electron chi connectivity index (χ0n) is 9.59. The van der Waals surface area contributed by atoms with E-state index < -0.39 is 0 Å². The van der Waals surface area contributed by atoms with Crippen molar-refractivity contribution in [1.29, 1.82) is 0 Å². The molecule has 1 aromatic rings. The second kappa shape index (κ2) is 5.99. The highest BCUT2D eigenvalue weighted by Gasteiger charge is 2.18. The van der Waals surface area contributed by atoms with Gasteiger partial charge >= 0.3 is 0 Å². The van der Waals surface area contributed by atoms with Gasteiger partial charge in [0.15, 0.2) is 0 Å². The van der Waals surface area contributed by atoms with Gasteiger partial charge in [-0.05, 0) is 42.0 Å². The third kappa shape index (κ3) is 3.03. The SMILES string of the molecule is CCN(CC)C(CN)c1cc(Br)c(C)s1. The van der Waals surface area contributed by atoms with Crippen molar-refractivity contribution >= 4 is 27.3 Å². The topological polar surface area (TPSA) is 29.3 Å². The van der Waals surface area contributed by atoms with Crippen LogP contribution >= 0.6 is 27.3 Å². The van der Waals surface area contributed by atoms with Gasteiger partial charge in [0.2, 0.25) is 0 Å². The minimum absolute atomic E-state index is 0.370. The van der Waals surface area contributed by atoms with Gasteiger partial charge in [-0.2, -0.15) is 0 Å². The molecule has 0 amide bonds. The number of halogens is 1. The molecular formula is C11H19BrN2S. The standard InChI is InChI=1S/C11H19BrN2S/c1-4-14(5-2)10(7-13)11-6-9(12)8(3)15-11/h6,10H,4-5,7,13H2,1-3H3. The normalized spacial score (nSPS) is 13.5. The number of thiophene rings is 1. The van der Waals surface area contributed by atoms with E-state index in [1.165, 1.54) is 14.2 Å². The lowest BCUT2D eigenvalue weighted by atomic mass is 10.2. The maximum absolute atomic E-state index is 5.87. The van der Waals surface area contributed by atoms with Crippen molar-refractivity contribution in [3.63, 3.8) is 0 Å². The lowest BCUT2D eigenvalue weighted by Gasteiger charge is -2.27. The molecule has 1 heterocycles. The van der Waals surface area contributed by atoms with Crippen LogP contribution in [0.1, 0.15) is 29.6 Å². The first-order valence-electron chi connectivity index (χ1n) is 5.33. The first kappa shape index (κ1) is 13.2. The molecule has 0 aliphatic carbocycles. The van der Waals surface area contributed by atoms with Crippen LogP contribution in [0.25, 0.3) is 0 Å². The van der Waals surface area contributed by atoms with Gasteiger partial charge in [0.05, 0.1) is 6.04 Å². The summed E-state index contributed by atoms with van der Waals surface area (Å²) in [5.74, 6) is 0. The quantitative estimate of drug-likeness (QED) is 0.903. The van der Waals surface area contributed by atoms with Crippen LogP contribution in [-0.4, -0.2) is 24.5 Å². The molecule has 0 saturated carbocycles.